The number of morpholine rings is 1. The molecule has 1 saturated heterocycles. The Morgan fingerprint density at radius 1 is 0.962 bits per heavy atom. The minimum atomic E-state index is -3.48. The highest BCUT2D eigenvalue weighted by molar-refractivity contribution is 14.1. The molecule has 0 atom stereocenters. The minimum Gasteiger partial charge on any atom is -0.379 e. The third kappa shape index (κ3) is 4.92. The summed E-state index contributed by atoms with van der Waals surface area (Å²) in [5.74, 6) is 0. The Kier molecular flexibility index (Phi) is 6.46. The van der Waals surface area contributed by atoms with E-state index in [4.69, 9.17) is 17.0 Å². The fourth-order valence-electron chi connectivity index (χ4n) is 2.47. The lowest BCUT2D eigenvalue weighted by atomic mass is 10.3. The predicted molar refractivity (Wildman–Crippen MR) is 115 cm³/mol. The summed E-state index contributed by atoms with van der Waals surface area (Å²) in [6.45, 7) is 1.62. The number of halogens is 1. The van der Waals surface area contributed by atoms with Crippen LogP contribution in [0.5, 0.6) is 0 Å². The highest BCUT2D eigenvalue weighted by Crippen LogP contribution is 2.20. The van der Waals surface area contributed by atoms with Gasteiger partial charge >= 0.3 is 0 Å². The second-order valence-corrected chi connectivity index (χ2v) is 9.22. The Bertz CT molecular complexity index is 865. The van der Waals surface area contributed by atoms with Gasteiger partial charge in [0.25, 0.3) is 0 Å². The normalized spacial score (nSPS) is 15.4. The lowest BCUT2D eigenvalue weighted by molar-refractivity contribution is 0.0730. The van der Waals surface area contributed by atoms with Crippen molar-refractivity contribution in [2.45, 2.75) is 4.90 Å². The zero-order chi connectivity index (χ0) is 18.6. The Morgan fingerprint density at radius 3 is 2.00 bits per heavy atom. The molecule has 0 aromatic heterocycles. The quantitative estimate of drug-likeness (QED) is 0.494. The van der Waals surface area contributed by atoms with Crippen LogP contribution >= 0.6 is 34.8 Å². The smallest absolute Gasteiger partial charge is 0.243 e. The number of ether oxygens (including phenoxy) is 1. The van der Waals surface area contributed by atoms with Crippen LogP contribution in [-0.2, 0) is 14.8 Å². The van der Waals surface area contributed by atoms with Crippen LogP contribution in [0.2, 0.25) is 0 Å². The summed E-state index contributed by atoms with van der Waals surface area (Å²) >= 11 is 7.53. The number of hydrogen-bond donors (Lipinski definition) is 2. The summed E-state index contributed by atoms with van der Waals surface area (Å²) in [5, 5.41) is 6.58. The largest absolute Gasteiger partial charge is 0.379 e. The zero-order valence-corrected chi connectivity index (χ0v) is 17.6. The Morgan fingerprint density at radius 2 is 1.46 bits per heavy atom. The third-order valence-electron chi connectivity index (χ3n) is 3.82. The van der Waals surface area contributed by atoms with Gasteiger partial charge in [0.1, 0.15) is 0 Å². The molecule has 1 heterocycles. The van der Waals surface area contributed by atoms with Crippen molar-refractivity contribution < 1.29 is 13.2 Å². The lowest BCUT2D eigenvalue weighted by Crippen LogP contribution is -2.40. The first-order valence-electron chi connectivity index (χ1n) is 7.97. The topological polar surface area (TPSA) is 70.7 Å². The number of nitrogens with zero attached hydrogens (tertiary/aromatic N) is 1. The maximum atomic E-state index is 12.6. The van der Waals surface area contributed by atoms with E-state index in [0.29, 0.717) is 37.1 Å². The van der Waals surface area contributed by atoms with Gasteiger partial charge in [0.15, 0.2) is 5.11 Å². The molecule has 2 N–H and O–H groups in total. The van der Waals surface area contributed by atoms with Crippen molar-refractivity contribution in [3.8, 4) is 0 Å². The van der Waals surface area contributed by atoms with Crippen molar-refractivity contribution in [2.24, 2.45) is 0 Å². The van der Waals surface area contributed by atoms with Gasteiger partial charge in [0.2, 0.25) is 10.0 Å². The second-order valence-electron chi connectivity index (χ2n) is 5.63. The van der Waals surface area contributed by atoms with Crippen molar-refractivity contribution >= 4 is 61.3 Å². The van der Waals surface area contributed by atoms with Crippen LogP contribution < -0.4 is 10.6 Å². The molecule has 0 unspecified atom stereocenters. The van der Waals surface area contributed by atoms with E-state index in [1.807, 2.05) is 24.3 Å². The van der Waals surface area contributed by atoms with Crippen LogP contribution in [0.25, 0.3) is 0 Å². The number of benzene rings is 2. The maximum Gasteiger partial charge on any atom is 0.243 e. The molecule has 2 aromatic carbocycles. The minimum absolute atomic E-state index is 0.265. The molecule has 1 fully saturated rings. The fourth-order valence-corrected chi connectivity index (χ4v) is 4.48. The first-order chi connectivity index (χ1) is 12.4. The molecule has 0 amide bonds. The SMILES string of the molecule is O=S(=O)(c1ccc(NC(=S)Nc2ccc(I)cc2)cc1)N1CCOCC1. The van der Waals surface area contributed by atoms with Crippen molar-refractivity contribution in [1.29, 1.82) is 0 Å². The van der Waals surface area contributed by atoms with Crippen molar-refractivity contribution in [3.05, 3.63) is 52.1 Å². The van der Waals surface area contributed by atoms with E-state index in [0.717, 1.165) is 9.26 Å². The van der Waals surface area contributed by atoms with Gasteiger partial charge in [-0.3, -0.25) is 0 Å². The van der Waals surface area contributed by atoms with Gasteiger partial charge in [0, 0.05) is 28.0 Å². The van der Waals surface area contributed by atoms with E-state index in [9.17, 15) is 8.42 Å². The van der Waals surface area contributed by atoms with Gasteiger partial charge in [-0.2, -0.15) is 4.31 Å². The van der Waals surface area contributed by atoms with Crippen molar-refractivity contribution in [3.63, 3.8) is 0 Å². The number of thiocarbonyl (C=S) groups is 1. The molecule has 0 spiro atoms. The number of anilines is 2. The van der Waals surface area contributed by atoms with E-state index < -0.39 is 10.0 Å². The monoisotopic (exact) mass is 503 g/mol. The van der Waals surface area contributed by atoms with Crippen LogP contribution in [0.3, 0.4) is 0 Å². The molecule has 1 aliphatic rings. The first kappa shape index (κ1) is 19.5. The molecule has 138 valence electrons. The predicted octanol–water partition coefficient (Wildman–Crippen LogP) is 3.12. The molecule has 9 heteroatoms. The van der Waals surface area contributed by atoms with Crippen LogP contribution in [0.4, 0.5) is 11.4 Å². The number of nitrogens with one attached hydrogen (secondary N) is 2. The Balaban J connectivity index is 1.63. The van der Waals surface area contributed by atoms with E-state index in [1.165, 1.54) is 4.31 Å². The fraction of sp³-hybridized carbons (Fsp3) is 0.235. The summed E-state index contributed by atoms with van der Waals surface area (Å²) < 4.78 is 33.0. The Labute approximate surface area is 172 Å². The average Bonchev–Trinajstić information content (AvgIpc) is 2.65. The van der Waals surface area contributed by atoms with Crippen LogP contribution in [0.1, 0.15) is 0 Å². The maximum absolute atomic E-state index is 12.6. The molecule has 2 aromatic rings. The van der Waals surface area contributed by atoms with Gasteiger partial charge in [-0.1, -0.05) is 0 Å². The molecule has 0 radical (unpaired) electrons. The van der Waals surface area contributed by atoms with Gasteiger partial charge < -0.3 is 15.4 Å². The summed E-state index contributed by atoms with van der Waals surface area (Å²) in [6.07, 6.45) is 0. The van der Waals surface area contributed by atoms with Crippen molar-refractivity contribution in [2.75, 3.05) is 36.9 Å². The van der Waals surface area contributed by atoms with Gasteiger partial charge in [-0.05, 0) is 83.3 Å². The molecule has 3 rings (SSSR count). The zero-order valence-electron chi connectivity index (χ0n) is 13.8. The van der Waals surface area contributed by atoms with Crippen LogP contribution in [0, 0.1) is 3.57 Å². The summed E-state index contributed by atoms with van der Waals surface area (Å²) in [5.41, 5.74) is 1.60. The molecule has 0 aliphatic carbocycles. The number of rotatable bonds is 4. The molecule has 26 heavy (non-hydrogen) atoms. The average molecular weight is 503 g/mol. The lowest BCUT2D eigenvalue weighted by Gasteiger charge is -2.26. The van der Waals surface area contributed by atoms with E-state index in [-0.39, 0.29) is 4.90 Å². The summed E-state index contributed by atoms with van der Waals surface area (Å²) in [7, 11) is -3.48. The Hall–Kier alpha value is -1.27. The molecule has 1 aliphatic heterocycles. The van der Waals surface area contributed by atoms with Gasteiger partial charge in [-0.25, -0.2) is 8.42 Å². The van der Waals surface area contributed by atoms with Crippen LogP contribution in [-0.4, -0.2) is 44.1 Å². The molecule has 6 nitrogen and oxygen atoms in total. The third-order valence-corrected chi connectivity index (χ3v) is 6.66. The first-order valence-corrected chi connectivity index (χ1v) is 10.9. The molecule has 0 bridgehead atoms. The van der Waals surface area contributed by atoms with Gasteiger partial charge in [0.05, 0.1) is 18.1 Å². The second kappa shape index (κ2) is 8.61. The molecular weight excluding hydrogens is 485 g/mol. The summed E-state index contributed by atoms with van der Waals surface area (Å²) in [4.78, 5) is 0.265. The standard InChI is InChI=1S/C17H18IN3O3S2/c18-13-1-3-14(4-2-13)19-17(25)20-15-5-7-16(8-6-15)26(22,23)21-9-11-24-12-10-21/h1-8H,9-12H2,(H2,19,20,25). The highest BCUT2D eigenvalue weighted by Gasteiger charge is 2.26. The molecular formula is C17H18IN3O3S2. The number of hydrogen-bond acceptors (Lipinski definition) is 4. The molecule has 0 saturated carbocycles. The van der Waals surface area contributed by atoms with Gasteiger partial charge in [-0.15, -0.1) is 0 Å². The van der Waals surface area contributed by atoms with E-state index in [1.54, 1.807) is 24.3 Å². The number of sulfonamides is 1. The van der Waals surface area contributed by atoms with E-state index in [2.05, 4.69) is 33.2 Å². The van der Waals surface area contributed by atoms with E-state index >= 15 is 0 Å². The summed E-state index contributed by atoms with van der Waals surface area (Å²) in [6, 6.07) is 14.4. The van der Waals surface area contributed by atoms with Crippen LogP contribution in [0.15, 0.2) is 53.4 Å². The van der Waals surface area contributed by atoms with Crippen molar-refractivity contribution in [1.82, 2.24) is 4.31 Å². The highest BCUT2D eigenvalue weighted by atomic mass is 127.